The number of nitrogens with zero attached hydrogens (tertiary/aromatic N) is 1. The molecule has 1 aliphatic carbocycles. The number of rotatable bonds is 3. The van der Waals surface area contributed by atoms with E-state index in [9.17, 15) is 18.0 Å². The maximum absolute atomic E-state index is 12.8. The van der Waals surface area contributed by atoms with E-state index in [1.165, 1.54) is 12.1 Å². The Balaban J connectivity index is 1.76. The molecule has 0 atom stereocenters. The van der Waals surface area contributed by atoms with Gasteiger partial charge >= 0.3 is 6.18 Å². The second-order valence-corrected chi connectivity index (χ2v) is 6.64. The normalized spacial score (nSPS) is 14.8. The van der Waals surface area contributed by atoms with E-state index in [1.54, 1.807) is 6.92 Å². The van der Waals surface area contributed by atoms with E-state index in [1.807, 2.05) is 30.3 Å². The largest absolute Gasteiger partial charge is 0.441 e. The van der Waals surface area contributed by atoms with Gasteiger partial charge in [0.2, 0.25) is 5.89 Å². The lowest BCUT2D eigenvalue weighted by Crippen LogP contribution is -2.03. The van der Waals surface area contributed by atoms with Gasteiger partial charge in [-0.3, -0.25) is 4.79 Å². The first-order chi connectivity index (χ1) is 13.3. The fourth-order valence-electron chi connectivity index (χ4n) is 3.44. The molecular formula is C22H16F3NO2. The molecule has 3 aromatic rings. The minimum absolute atomic E-state index is 0.0553. The molecule has 1 aliphatic rings. The fraction of sp³-hybridized carbons (Fsp3) is 0.182. The number of carbonyl (C=O) groups excluding carboxylic acids is 1. The van der Waals surface area contributed by atoms with Gasteiger partial charge in [0.1, 0.15) is 11.5 Å². The van der Waals surface area contributed by atoms with Gasteiger partial charge in [0, 0.05) is 17.6 Å². The highest BCUT2D eigenvalue weighted by molar-refractivity contribution is 6.30. The van der Waals surface area contributed by atoms with Crippen LogP contribution >= 0.6 is 0 Å². The number of allylic oxidation sites excluding steroid dienone is 2. The van der Waals surface area contributed by atoms with Crippen molar-refractivity contribution in [1.29, 1.82) is 0 Å². The lowest BCUT2D eigenvalue weighted by molar-refractivity contribution is -0.137. The van der Waals surface area contributed by atoms with E-state index >= 15 is 0 Å². The molecule has 0 N–H and O–H groups in total. The highest BCUT2D eigenvalue weighted by atomic mass is 19.4. The van der Waals surface area contributed by atoms with Crippen molar-refractivity contribution >= 4 is 16.9 Å². The van der Waals surface area contributed by atoms with E-state index in [2.05, 4.69) is 4.98 Å². The Hall–Kier alpha value is -3.15. The topological polar surface area (TPSA) is 43.1 Å². The van der Waals surface area contributed by atoms with E-state index < -0.39 is 11.7 Å². The van der Waals surface area contributed by atoms with Crippen LogP contribution in [0.2, 0.25) is 0 Å². The van der Waals surface area contributed by atoms with Crippen molar-refractivity contribution < 1.29 is 22.4 Å². The Morgan fingerprint density at radius 2 is 1.61 bits per heavy atom. The first kappa shape index (κ1) is 18.2. The molecule has 0 saturated carbocycles. The van der Waals surface area contributed by atoms with Gasteiger partial charge in [-0.25, -0.2) is 4.98 Å². The zero-order valence-corrected chi connectivity index (χ0v) is 15.0. The van der Waals surface area contributed by atoms with Gasteiger partial charge < -0.3 is 4.42 Å². The third-order valence-corrected chi connectivity index (χ3v) is 4.79. The van der Waals surface area contributed by atoms with Crippen LogP contribution in [0.3, 0.4) is 0 Å². The van der Waals surface area contributed by atoms with E-state index in [0.29, 0.717) is 35.4 Å². The van der Waals surface area contributed by atoms with Gasteiger partial charge in [-0.1, -0.05) is 30.3 Å². The molecule has 0 radical (unpaired) electrons. The molecule has 0 amide bonds. The highest BCUT2D eigenvalue weighted by Gasteiger charge is 2.31. The van der Waals surface area contributed by atoms with Gasteiger partial charge in [-0.05, 0) is 48.7 Å². The Labute approximate surface area is 159 Å². The molecular weight excluding hydrogens is 367 g/mol. The standard InChI is InChI=1S/C22H16F3NO2/c1-13-20(17-11-12-18(27)19(17)14-5-3-2-4-6-14)26-21(28-13)15-7-9-16(10-8-15)22(23,24)25/h2-10H,11-12H2,1H3. The number of ketones is 1. The van der Waals surface area contributed by atoms with Crippen LogP contribution in [0.5, 0.6) is 0 Å². The molecule has 0 aliphatic heterocycles. The van der Waals surface area contributed by atoms with Crippen LogP contribution in [-0.2, 0) is 11.0 Å². The number of aromatic nitrogens is 1. The third kappa shape index (κ3) is 3.26. The van der Waals surface area contributed by atoms with Crippen molar-refractivity contribution in [3.05, 3.63) is 77.2 Å². The molecule has 1 heterocycles. The maximum Gasteiger partial charge on any atom is 0.416 e. The Bertz CT molecular complexity index is 1060. The maximum atomic E-state index is 12.8. The molecule has 0 unspecified atom stereocenters. The summed E-state index contributed by atoms with van der Waals surface area (Å²) in [6, 6.07) is 14.1. The van der Waals surface area contributed by atoms with Gasteiger partial charge in [0.15, 0.2) is 5.78 Å². The first-order valence-corrected chi connectivity index (χ1v) is 8.82. The van der Waals surface area contributed by atoms with Crippen LogP contribution in [0, 0.1) is 6.92 Å². The van der Waals surface area contributed by atoms with Crippen LogP contribution in [0.4, 0.5) is 13.2 Å². The lowest BCUT2D eigenvalue weighted by Gasteiger charge is -2.06. The Kier molecular flexibility index (Phi) is 4.41. The number of hydrogen-bond donors (Lipinski definition) is 0. The third-order valence-electron chi connectivity index (χ3n) is 4.79. The molecule has 2 aromatic carbocycles. The summed E-state index contributed by atoms with van der Waals surface area (Å²) < 4.78 is 44.0. The summed E-state index contributed by atoms with van der Waals surface area (Å²) in [7, 11) is 0. The molecule has 28 heavy (non-hydrogen) atoms. The predicted molar refractivity (Wildman–Crippen MR) is 99.2 cm³/mol. The average molecular weight is 383 g/mol. The molecule has 1 aromatic heterocycles. The molecule has 6 heteroatoms. The van der Waals surface area contributed by atoms with Crippen molar-refractivity contribution in [2.24, 2.45) is 0 Å². The Morgan fingerprint density at radius 1 is 0.929 bits per heavy atom. The smallest absolute Gasteiger partial charge is 0.416 e. The quantitative estimate of drug-likeness (QED) is 0.562. The number of carbonyl (C=O) groups is 1. The average Bonchev–Trinajstić information content (AvgIpc) is 3.24. The first-order valence-electron chi connectivity index (χ1n) is 8.82. The second-order valence-electron chi connectivity index (χ2n) is 6.64. The molecule has 0 bridgehead atoms. The van der Waals surface area contributed by atoms with Gasteiger partial charge in [0.05, 0.1) is 5.56 Å². The number of Topliss-reactive ketones (excluding diaryl/α,β-unsaturated/α-hetero) is 1. The molecule has 0 saturated heterocycles. The van der Waals surface area contributed by atoms with Gasteiger partial charge in [0.25, 0.3) is 0 Å². The molecule has 4 rings (SSSR count). The van der Waals surface area contributed by atoms with Crippen LogP contribution < -0.4 is 0 Å². The van der Waals surface area contributed by atoms with Crippen molar-refractivity contribution in [2.75, 3.05) is 0 Å². The van der Waals surface area contributed by atoms with Crippen LogP contribution in [0.15, 0.2) is 59.0 Å². The Morgan fingerprint density at radius 3 is 2.25 bits per heavy atom. The minimum atomic E-state index is -4.39. The van der Waals surface area contributed by atoms with Crippen LogP contribution in [-0.4, -0.2) is 10.8 Å². The van der Waals surface area contributed by atoms with Crippen LogP contribution in [0.1, 0.15) is 35.4 Å². The second kappa shape index (κ2) is 6.78. The van der Waals surface area contributed by atoms with E-state index in [-0.39, 0.29) is 11.7 Å². The molecule has 0 fully saturated rings. The van der Waals surface area contributed by atoms with Crippen molar-refractivity contribution in [1.82, 2.24) is 4.98 Å². The lowest BCUT2D eigenvalue weighted by atomic mass is 9.99. The minimum Gasteiger partial charge on any atom is -0.441 e. The summed E-state index contributed by atoms with van der Waals surface area (Å²) in [5.41, 5.74) is 2.59. The highest BCUT2D eigenvalue weighted by Crippen LogP contribution is 2.39. The zero-order valence-electron chi connectivity index (χ0n) is 15.0. The number of hydrogen-bond acceptors (Lipinski definition) is 3. The number of oxazole rings is 1. The van der Waals surface area contributed by atoms with Crippen molar-refractivity contribution in [3.63, 3.8) is 0 Å². The number of alkyl halides is 3. The SMILES string of the molecule is Cc1oc(-c2ccc(C(F)(F)F)cc2)nc1C1=C(c2ccccc2)C(=O)CC1. The van der Waals surface area contributed by atoms with E-state index in [0.717, 1.165) is 23.3 Å². The molecule has 142 valence electrons. The van der Waals surface area contributed by atoms with E-state index in [4.69, 9.17) is 4.42 Å². The summed E-state index contributed by atoms with van der Waals surface area (Å²) in [5, 5.41) is 0. The van der Waals surface area contributed by atoms with Gasteiger partial charge in [-0.15, -0.1) is 0 Å². The molecule has 3 nitrogen and oxygen atoms in total. The van der Waals surface area contributed by atoms with Gasteiger partial charge in [-0.2, -0.15) is 13.2 Å². The molecule has 0 spiro atoms. The number of halogens is 3. The van der Waals surface area contributed by atoms with Crippen molar-refractivity contribution in [2.45, 2.75) is 25.9 Å². The van der Waals surface area contributed by atoms with Crippen LogP contribution in [0.25, 0.3) is 22.6 Å². The summed E-state index contributed by atoms with van der Waals surface area (Å²) in [6.07, 6.45) is -3.43. The summed E-state index contributed by atoms with van der Waals surface area (Å²) in [4.78, 5) is 17.0. The van der Waals surface area contributed by atoms with Crippen molar-refractivity contribution in [3.8, 4) is 11.5 Å². The summed E-state index contributed by atoms with van der Waals surface area (Å²) in [6.45, 7) is 1.74. The summed E-state index contributed by atoms with van der Waals surface area (Å²) in [5.74, 6) is 0.827. The zero-order chi connectivity index (χ0) is 19.9. The summed E-state index contributed by atoms with van der Waals surface area (Å²) >= 11 is 0. The monoisotopic (exact) mass is 383 g/mol. The number of aryl methyl sites for hydroxylation is 1. The fourth-order valence-corrected chi connectivity index (χ4v) is 3.44. The predicted octanol–water partition coefficient (Wildman–Crippen LogP) is 5.94. The number of benzene rings is 2.